The minimum Gasteiger partial charge on any atom is -0.356 e. The quantitative estimate of drug-likeness (QED) is 0.746. The predicted molar refractivity (Wildman–Crippen MR) is 79.7 cm³/mol. The van der Waals surface area contributed by atoms with Gasteiger partial charge in [-0.2, -0.15) is 0 Å². The third-order valence-electron chi connectivity index (χ3n) is 4.04. The van der Waals surface area contributed by atoms with Crippen molar-refractivity contribution in [2.45, 2.75) is 18.9 Å². The van der Waals surface area contributed by atoms with Crippen molar-refractivity contribution in [3.8, 4) is 0 Å². The van der Waals surface area contributed by atoms with E-state index in [9.17, 15) is 0 Å². The molecular formula is C12H24BrN5. The fourth-order valence-electron chi connectivity index (χ4n) is 2.94. The molecule has 104 valence electrons. The molecule has 1 unspecified atom stereocenters. The fourth-order valence-corrected chi connectivity index (χ4v) is 2.94. The van der Waals surface area contributed by atoms with Crippen molar-refractivity contribution < 1.29 is 0 Å². The molecule has 4 aliphatic heterocycles. The Labute approximate surface area is 120 Å². The Morgan fingerprint density at radius 2 is 2.06 bits per heavy atom. The molecule has 3 fully saturated rings. The third-order valence-corrected chi connectivity index (χ3v) is 4.04. The molecule has 0 saturated carbocycles. The summed E-state index contributed by atoms with van der Waals surface area (Å²) in [6.07, 6.45) is 2.44. The molecule has 1 atom stereocenters. The van der Waals surface area contributed by atoms with Crippen LogP contribution in [0, 0.1) is 0 Å². The van der Waals surface area contributed by atoms with Crippen LogP contribution in [0.3, 0.4) is 0 Å². The molecule has 0 radical (unpaired) electrons. The zero-order valence-electron chi connectivity index (χ0n) is 10.9. The lowest BCUT2D eigenvalue weighted by Crippen LogP contribution is -2.63. The second-order valence-electron chi connectivity index (χ2n) is 5.24. The molecule has 2 N–H and O–H groups in total. The van der Waals surface area contributed by atoms with Gasteiger partial charge in [0.05, 0.1) is 0 Å². The van der Waals surface area contributed by atoms with E-state index in [2.05, 4.69) is 25.4 Å². The maximum Gasteiger partial charge on any atom is 0.191 e. The smallest absolute Gasteiger partial charge is 0.191 e. The predicted octanol–water partition coefficient (Wildman–Crippen LogP) is -0.107. The molecule has 0 aromatic heterocycles. The van der Waals surface area contributed by atoms with Crippen LogP contribution in [0.1, 0.15) is 12.8 Å². The summed E-state index contributed by atoms with van der Waals surface area (Å²) in [5.41, 5.74) is 0. The van der Waals surface area contributed by atoms with E-state index in [1.54, 1.807) is 0 Å². The van der Waals surface area contributed by atoms with Crippen LogP contribution in [0.15, 0.2) is 4.99 Å². The maximum atomic E-state index is 4.53. The molecule has 2 bridgehead atoms. The zero-order chi connectivity index (χ0) is 11.5. The second kappa shape index (κ2) is 6.73. The number of guanidine groups is 1. The molecule has 4 rings (SSSR count). The number of hydrogen-bond donors (Lipinski definition) is 2. The average molecular weight is 318 g/mol. The largest absolute Gasteiger partial charge is 0.356 e. The first-order chi connectivity index (χ1) is 8.42. The third kappa shape index (κ3) is 3.36. The molecule has 0 spiro atoms. The van der Waals surface area contributed by atoms with Crippen molar-refractivity contribution >= 4 is 22.9 Å². The van der Waals surface area contributed by atoms with E-state index in [1.165, 1.54) is 45.6 Å². The summed E-state index contributed by atoms with van der Waals surface area (Å²) in [6, 6.07) is 0.672. The van der Waals surface area contributed by atoms with Crippen molar-refractivity contribution in [2.24, 2.45) is 4.99 Å². The number of piperazine rings is 3. The van der Waals surface area contributed by atoms with Gasteiger partial charge < -0.3 is 10.6 Å². The average Bonchev–Trinajstić information content (AvgIpc) is 2.66. The molecule has 6 heteroatoms. The Morgan fingerprint density at radius 3 is 2.78 bits per heavy atom. The first-order valence-electron chi connectivity index (χ1n) is 6.90. The van der Waals surface area contributed by atoms with Gasteiger partial charge >= 0.3 is 0 Å². The van der Waals surface area contributed by atoms with Crippen LogP contribution in [0.2, 0.25) is 0 Å². The van der Waals surface area contributed by atoms with Crippen molar-refractivity contribution in [1.82, 2.24) is 20.4 Å². The molecular weight excluding hydrogens is 294 g/mol. The number of hydrogen-bond acceptors (Lipinski definition) is 5. The number of rotatable bonds is 2. The van der Waals surface area contributed by atoms with E-state index in [0.29, 0.717) is 6.04 Å². The molecule has 0 aromatic rings. The fraction of sp³-hybridized carbons (Fsp3) is 0.917. The lowest BCUT2D eigenvalue weighted by atomic mass is 10.1. The minimum absolute atomic E-state index is 0. The van der Waals surface area contributed by atoms with Crippen LogP contribution in [-0.4, -0.2) is 74.2 Å². The molecule has 18 heavy (non-hydrogen) atoms. The second-order valence-corrected chi connectivity index (χ2v) is 5.24. The highest BCUT2D eigenvalue weighted by Gasteiger charge is 2.31. The van der Waals surface area contributed by atoms with Gasteiger partial charge in [0.15, 0.2) is 5.96 Å². The van der Waals surface area contributed by atoms with Crippen LogP contribution >= 0.6 is 17.0 Å². The Hall–Kier alpha value is -0.330. The molecule has 4 aliphatic rings. The van der Waals surface area contributed by atoms with Crippen molar-refractivity contribution in [3.05, 3.63) is 0 Å². The van der Waals surface area contributed by atoms with Crippen LogP contribution in [0.25, 0.3) is 0 Å². The number of fused-ring (bicyclic) bond motifs is 3. The van der Waals surface area contributed by atoms with Gasteiger partial charge in [-0.1, -0.05) is 0 Å². The van der Waals surface area contributed by atoms with E-state index in [4.69, 9.17) is 0 Å². The lowest BCUT2D eigenvalue weighted by molar-refractivity contribution is 0.0154. The number of halogens is 1. The molecule has 0 amide bonds. The van der Waals surface area contributed by atoms with Gasteiger partial charge in [0.2, 0.25) is 0 Å². The summed E-state index contributed by atoms with van der Waals surface area (Å²) >= 11 is 0. The molecule has 0 aromatic carbocycles. The number of nitrogens with one attached hydrogen (secondary N) is 2. The molecule has 0 aliphatic carbocycles. The highest BCUT2D eigenvalue weighted by molar-refractivity contribution is 8.93. The maximum absolute atomic E-state index is 4.53. The summed E-state index contributed by atoms with van der Waals surface area (Å²) in [4.78, 5) is 9.73. The molecule has 4 heterocycles. The van der Waals surface area contributed by atoms with E-state index >= 15 is 0 Å². The summed E-state index contributed by atoms with van der Waals surface area (Å²) in [5, 5.41) is 6.86. The topological polar surface area (TPSA) is 42.9 Å². The lowest BCUT2D eigenvalue weighted by Gasteiger charge is -2.47. The van der Waals surface area contributed by atoms with Crippen LogP contribution in [0.4, 0.5) is 0 Å². The highest BCUT2D eigenvalue weighted by Crippen LogP contribution is 2.14. The first kappa shape index (κ1) is 14.1. The Balaban J connectivity index is 0.00000120. The van der Waals surface area contributed by atoms with Gasteiger partial charge in [0, 0.05) is 58.4 Å². The van der Waals surface area contributed by atoms with Gasteiger partial charge in [-0.25, -0.2) is 0 Å². The van der Waals surface area contributed by atoms with Gasteiger partial charge in [0.1, 0.15) is 0 Å². The summed E-state index contributed by atoms with van der Waals surface area (Å²) < 4.78 is 0. The zero-order valence-corrected chi connectivity index (χ0v) is 12.6. The van der Waals surface area contributed by atoms with Gasteiger partial charge in [0.25, 0.3) is 0 Å². The van der Waals surface area contributed by atoms with Crippen LogP contribution < -0.4 is 10.6 Å². The number of aliphatic imine (C=N–C) groups is 1. The van der Waals surface area contributed by atoms with Crippen molar-refractivity contribution in [1.29, 1.82) is 0 Å². The van der Waals surface area contributed by atoms with E-state index in [-0.39, 0.29) is 17.0 Å². The van der Waals surface area contributed by atoms with Crippen molar-refractivity contribution in [3.63, 3.8) is 0 Å². The summed E-state index contributed by atoms with van der Waals surface area (Å²) in [6.45, 7) is 9.29. The van der Waals surface area contributed by atoms with Crippen LogP contribution in [0.5, 0.6) is 0 Å². The standard InChI is InChI=1S/C12H23N5.BrH/c1-2-4-14-12(13-3-1)15-9-11-10-16-5-7-17(11)8-6-16;/h11H,1-10H2,(H2,13,14,15);1H. The Bertz CT molecular complexity index is 288. The van der Waals surface area contributed by atoms with Gasteiger partial charge in [-0.3, -0.25) is 14.8 Å². The Kier molecular flexibility index (Phi) is 5.26. The van der Waals surface area contributed by atoms with E-state index in [0.717, 1.165) is 25.6 Å². The Morgan fingerprint density at radius 1 is 1.22 bits per heavy atom. The number of nitrogens with zero attached hydrogens (tertiary/aromatic N) is 3. The SMILES string of the molecule is Br.C1CCNC(NCC2CN3CCN2CC3)=NC1. The minimum atomic E-state index is 0. The van der Waals surface area contributed by atoms with Gasteiger partial charge in [-0.15, -0.1) is 17.0 Å². The van der Waals surface area contributed by atoms with Gasteiger partial charge in [-0.05, 0) is 12.8 Å². The monoisotopic (exact) mass is 317 g/mol. The van der Waals surface area contributed by atoms with E-state index in [1.807, 2.05) is 0 Å². The van der Waals surface area contributed by atoms with E-state index < -0.39 is 0 Å². The molecule has 3 saturated heterocycles. The summed E-state index contributed by atoms with van der Waals surface area (Å²) in [5.74, 6) is 1.01. The highest BCUT2D eigenvalue weighted by atomic mass is 79.9. The molecule has 5 nitrogen and oxygen atoms in total. The first-order valence-corrected chi connectivity index (χ1v) is 6.90. The normalized spacial score (nSPS) is 34.9. The summed E-state index contributed by atoms with van der Waals surface area (Å²) in [7, 11) is 0. The van der Waals surface area contributed by atoms with Crippen molar-refractivity contribution in [2.75, 3.05) is 52.4 Å². The van der Waals surface area contributed by atoms with Crippen LogP contribution in [-0.2, 0) is 0 Å².